The number of hydrogen-bond acceptors (Lipinski definition) is 2. The minimum Gasteiger partial charge on any atom is -0.351 e. The van der Waals surface area contributed by atoms with Gasteiger partial charge in [0, 0.05) is 13.0 Å². The summed E-state index contributed by atoms with van der Waals surface area (Å²) in [4.78, 5) is 0. The van der Waals surface area contributed by atoms with Crippen molar-refractivity contribution in [3.63, 3.8) is 0 Å². The molecule has 0 radical (unpaired) electrons. The molecule has 1 fully saturated rings. The molecule has 0 amide bonds. The lowest BCUT2D eigenvalue weighted by molar-refractivity contribution is -0.102. The van der Waals surface area contributed by atoms with Crippen molar-refractivity contribution in [2.45, 2.75) is 25.6 Å². The molecule has 1 aliphatic rings. The van der Waals surface area contributed by atoms with Crippen LogP contribution in [0.3, 0.4) is 0 Å². The van der Waals surface area contributed by atoms with Gasteiger partial charge in [-0.1, -0.05) is 0 Å². The minimum atomic E-state index is -0.148. The molecule has 0 bridgehead atoms. The van der Waals surface area contributed by atoms with Gasteiger partial charge in [-0.05, 0) is 12.8 Å². The van der Waals surface area contributed by atoms with Crippen molar-refractivity contribution in [1.82, 2.24) is 0 Å². The summed E-state index contributed by atoms with van der Waals surface area (Å²) < 4.78 is 9.51. The summed E-state index contributed by atoms with van der Waals surface area (Å²) in [5.74, 6) is 0. The Bertz CT molecular complexity index is 61.4. The average molecular weight is 137 g/mol. The van der Waals surface area contributed by atoms with E-state index in [0.29, 0.717) is 0 Å². The van der Waals surface area contributed by atoms with Crippen molar-refractivity contribution in [3.8, 4) is 0 Å². The molecule has 0 aromatic heterocycles. The molecule has 0 aromatic carbocycles. The van der Waals surface area contributed by atoms with E-state index in [1.807, 2.05) is 0 Å². The van der Waals surface area contributed by atoms with E-state index in [2.05, 4.69) is 4.29 Å². The largest absolute Gasteiger partial charge is 0.351 e. The molecular formula is C5H9ClO2. The topological polar surface area (TPSA) is 18.5 Å². The Morgan fingerprint density at radius 2 is 2.38 bits per heavy atom. The normalized spacial score (nSPS) is 30.4. The monoisotopic (exact) mass is 136 g/mol. The quantitative estimate of drug-likeness (QED) is 0.546. The predicted octanol–water partition coefficient (Wildman–Crippen LogP) is 1.68. The summed E-state index contributed by atoms with van der Waals surface area (Å²) in [6.07, 6.45) is 3.09. The fourth-order valence-electron chi connectivity index (χ4n) is 0.781. The lowest BCUT2D eigenvalue weighted by Gasteiger charge is -2.18. The third-order valence-corrected chi connectivity index (χ3v) is 1.44. The van der Waals surface area contributed by atoms with Crippen molar-refractivity contribution in [3.05, 3.63) is 0 Å². The molecule has 0 aliphatic carbocycles. The van der Waals surface area contributed by atoms with Crippen molar-refractivity contribution < 1.29 is 9.03 Å². The molecule has 2 nitrogen and oxygen atoms in total. The molecule has 1 rings (SSSR count). The second-order valence-electron chi connectivity index (χ2n) is 1.89. The lowest BCUT2D eigenvalue weighted by atomic mass is 10.2. The first-order valence-electron chi connectivity index (χ1n) is 2.82. The first kappa shape index (κ1) is 6.33. The Balaban J connectivity index is 2.13. The zero-order valence-electron chi connectivity index (χ0n) is 4.60. The summed E-state index contributed by atoms with van der Waals surface area (Å²) in [5.41, 5.74) is 0. The highest BCUT2D eigenvalue weighted by atomic mass is 35.5. The van der Waals surface area contributed by atoms with Crippen molar-refractivity contribution in [2.24, 2.45) is 0 Å². The van der Waals surface area contributed by atoms with Gasteiger partial charge in [0.25, 0.3) is 0 Å². The second-order valence-corrected chi connectivity index (χ2v) is 2.06. The van der Waals surface area contributed by atoms with Gasteiger partial charge in [0.05, 0.1) is 11.9 Å². The van der Waals surface area contributed by atoms with E-state index in [1.165, 1.54) is 0 Å². The molecule has 1 heterocycles. The third-order valence-electron chi connectivity index (χ3n) is 1.24. The van der Waals surface area contributed by atoms with Crippen LogP contribution in [0.25, 0.3) is 0 Å². The number of ether oxygens (including phenoxy) is 1. The van der Waals surface area contributed by atoms with Gasteiger partial charge in [-0.3, -0.25) is 0 Å². The highest BCUT2D eigenvalue weighted by Gasteiger charge is 2.12. The smallest absolute Gasteiger partial charge is 0.177 e. The van der Waals surface area contributed by atoms with Gasteiger partial charge >= 0.3 is 0 Å². The van der Waals surface area contributed by atoms with Crippen LogP contribution in [0.5, 0.6) is 0 Å². The Morgan fingerprint density at radius 1 is 1.50 bits per heavy atom. The molecule has 1 atom stereocenters. The number of hydrogen-bond donors (Lipinski definition) is 0. The van der Waals surface area contributed by atoms with E-state index >= 15 is 0 Å². The van der Waals surface area contributed by atoms with Gasteiger partial charge in [-0.2, -0.15) is 0 Å². The van der Waals surface area contributed by atoms with Crippen molar-refractivity contribution >= 4 is 11.9 Å². The van der Waals surface area contributed by atoms with Crippen molar-refractivity contribution in [1.29, 1.82) is 0 Å². The van der Waals surface area contributed by atoms with Crippen LogP contribution in [0.4, 0.5) is 0 Å². The zero-order valence-corrected chi connectivity index (χ0v) is 5.36. The van der Waals surface area contributed by atoms with Gasteiger partial charge in [-0.25, -0.2) is 4.29 Å². The first-order chi connectivity index (χ1) is 3.93. The van der Waals surface area contributed by atoms with E-state index in [-0.39, 0.29) is 6.29 Å². The predicted molar refractivity (Wildman–Crippen MR) is 30.5 cm³/mol. The molecule has 1 saturated heterocycles. The van der Waals surface area contributed by atoms with Gasteiger partial charge in [0.1, 0.15) is 0 Å². The summed E-state index contributed by atoms with van der Waals surface area (Å²) >= 11 is 5.06. The van der Waals surface area contributed by atoms with E-state index in [1.54, 1.807) is 0 Å². The fraction of sp³-hybridized carbons (Fsp3) is 1.00. The molecule has 0 spiro atoms. The Labute approximate surface area is 53.9 Å². The van der Waals surface area contributed by atoms with Crippen LogP contribution in [-0.2, 0) is 9.03 Å². The summed E-state index contributed by atoms with van der Waals surface area (Å²) in [6.45, 7) is 0.789. The third kappa shape index (κ3) is 1.62. The van der Waals surface area contributed by atoms with Crippen LogP contribution in [-0.4, -0.2) is 12.9 Å². The second kappa shape index (κ2) is 3.28. The summed E-state index contributed by atoms with van der Waals surface area (Å²) in [6, 6.07) is 0. The van der Waals surface area contributed by atoms with E-state index < -0.39 is 0 Å². The standard InChI is InChI=1S/C5H9ClO2/c6-8-5-3-1-2-4-7-5/h5H,1-4H2. The molecule has 48 valence electrons. The Kier molecular flexibility index (Phi) is 2.59. The van der Waals surface area contributed by atoms with Gasteiger partial charge in [0.15, 0.2) is 6.29 Å². The van der Waals surface area contributed by atoms with Crippen LogP contribution in [0.15, 0.2) is 0 Å². The molecule has 1 aliphatic heterocycles. The SMILES string of the molecule is ClOC1CCCCO1. The molecule has 0 aromatic rings. The summed E-state index contributed by atoms with van der Waals surface area (Å²) in [5, 5.41) is 0. The molecular weight excluding hydrogens is 128 g/mol. The maximum atomic E-state index is 5.07. The highest BCUT2D eigenvalue weighted by molar-refractivity contribution is 6.07. The molecule has 1 unspecified atom stereocenters. The highest BCUT2D eigenvalue weighted by Crippen LogP contribution is 2.14. The van der Waals surface area contributed by atoms with E-state index in [9.17, 15) is 0 Å². The van der Waals surface area contributed by atoms with Crippen LogP contribution < -0.4 is 0 Å². The molecule has 8 heavy (non-hydrogen) atoms. The van der Waals surface area contributed by atoms with E-state index in [0.717, 1.165) is 25.9 Å². The van der Waals surface area contributed by atoms with Gasteiger partial charge < -0.3 is 4.74 Å². The van der Waals surface area contributed by atoms with Crippen LogP contribution in [0.1, 0.15) is 19.3 Å². The fourth-order valence-corrected chi connectivity index (χ4v) is 0.922. The zero-order chi connectivity index (χ0) is 5.82. The van der Waals surface area contributed by atoms with Crippen molar-refractivity contribution in [2.75, 3.05) is 6.61 Å². The van der Waals surface area contributed by atoms with Crippen LogP contribution in [0, 0.1) is 0 Å². The minimum absolute atomic E-state index is 0.148. The lowest BCUT2D eigenvalue weighted by Crippen LogP contribution is -2.18. The Morgan fingerprint density at radius 3 is 2.75 bits per heavy atom. The van der Waals surface area contributed by atoms with Gasteiger partial charge in [-0.15, -0.1) is 0 Å². The van der Waals surface area contributed by atoms with E-state index in [4.69, 9.17) is 16.6 Å². The first-order valence-corrected chi connectivity index (χ1v) is 3.13. The Hall–Kier alpha value is 0.210. The maximum absolute atomic E-state index is 5.07. The summed E-state index contributed by atoms with van der Waals surface area (Å²) in [7, 11) is 0. The molecule has 3 heteroatoms. The molecule has 0 N–H and O–H groups in total. The number of rotatable bonds is 1. The molecule has 0 saturated carbocycles. The average Bonchev–Trinajstić information content (AvgIpc) is 1.90. The van der Waals surface area contributed by atoms with Crippen LogP contribution in [0.2, 0.25) is 0 Å². The van der Waals surface area contributed by atoms with Gasteiger partial charge in [0.2, 0.25) is 0 Å². The maximum Gasteiger partial charge on any atom is 0.177 e. The number of halogens is 1. The van der Waals surface area contributed by atoms with Crippen LogP contribution >= 0.6 is 11.9 Å².